The minimum atomic E-state index is 0.583. The van der Waals surface area contributed by atoms with Gasteiger partial charge >= 0.3 is 0 Å². The Morgan fingerprint density at radius 1 is 0.824 bits per heavy atom. The van der Waals surface area contributed by atoms with E-state index < -0.39 is 0 Å². The van der Waals surface area contributed by atoms with Crippen LogP contribution in [0.5, 0.6) is 11.5 Å². The van der Waals surface area contributed by atoms with Gasteiger partial charge in [-0.25, -0.2) is 0 Å². The molecule has 0 amide bonds. The third-order valence-corrected chi connectivity index (χ3v) is 6.13. The summed E-state index contributed by atoms with van der Waals surface area (Å²) in [6.07, 6.45) is 0.910. The number of nitrogens with one attached hydrogen (secondary N) is 1. The van der Waals surface area contributed by atoms with Crippen molar-refractivity contribution in [2.24, 2.45) is 0 Å². The van der Waals surface area contributed by atoms with Gasteiger partial charge in [0.05, 0.1) is 6.61 Å². The molecular formula is C30H30N2O2. The molecule has 0 saturated carbocycles. The van der Waals surface area contributed by atoms with Crippen LogP contribution in [0.3, 0.4) is 0 Å². The minimum absolute atomic E-state index is 0.583. The molecule has 0 aromatic heterocycles. The van der Waals surface area contributed by atoms with E-state index in [0.29, 0.717) is 13.3 Å². The number of para-hydroxylation sites is 2. The number of rotatable bonds is 8. The maximum absolute atomic E-state index is 5.91. The molecule has 0 radical (unpaired) electrons. The second-order valence-electron chi connectivity index (χ2n) is 8.51. The van der Waals surface area contributed by atoms with E-state index in [2.05, 4.69) is 76.9 Å². The molecule has 4 nitrogen and oxygen atoms in total. The third-order valence-electron chi connectivity index (χ3n) is 6.13. The molecule has 0 aliphatic carbocycles. The lowest BCUT2D eigenvalue weighted by atomic mass is 10.0. The van der Waals surface area contributed by atoms with Crippen molar-refractivity contribution in [1.82, 2.24) is 0 Å². The van der Waals surface area contributed by atoms with Crippen molar-refractivity contribution in [3.05, 3.63) is 119 Å². The van der Waals surface area contributed by atoms with Crippen molar-refractivity contribution in [1.29, 1.82) is 0 Å². The van der Waals surface area contributed by atoms with Gasteiger partial charge in [-0.2, -0.15) is 0 Å². The first kappa shape index (κ1) is 21.9. The monoisotopic (exact) mass is 450 g/mol. The molecule has 172 valence electrons. The maximum Gasteiger partial charge on any atom is 0.161 e. The van der Waals surface area contributed by atoms with Gasteiger partial charge in [-0.3, -0.25) is 0 Å². The van der Waals surface area contributed by atoms with Gasteiger partial charge in [-0.05, 0) is 60.9 Å². The van der Waals surface area contributed by atoms with Gasteiger partial charge in [0.25, 0.3) is 0 Å². The fourth-order valence-corrected chi connectivity index (χ4v) is 4.28. The zero-order valence-corrected chi connectivity index (χ0v) is 19.5. The standard InChI is InChI=1S/C30H30N2O2/c1-2-33-29-9-5-3-7-25(29)20-31-27-15-11-23(12-16-27)19-24-13-17-28(18-14-24)32-21-26-8-4-6-10-30(26)34-22-32/h3-18,31H,2,19-22H2,1H3. The molecule has 0 bridgehead atoms. The van der Waals surface area contributed by atoms with Gasteiger partial charge in [0.15, 0.2) is 6.73 Å². The maximum atomic E-state index is 5.91. The predicted molar refractivity (Wildman–Crippen MR) is 139 cm³/mol. The van der Waals surface area contributed by atoms with Crippen LogP contribution in [-0.2, 0) is 19.5 Å². The number of nitrogens with zero attached hydrogens (tertiary/aromatic N) is 1. The fourth-order valence-electron chi connectivity index (χ4n) is 4.28. The summed E-state index contributed by atoms with van der Waals surface area (Å²) in [4.78, 5) is 2.26. The van der Waals surface area contributed by atoms with Crippen LogP contribution < -0.4 is 19.7 Å². The number of fused-ring (bicyclic) bond motifs is 1. The van der Waals surface area contributed by atoms with E-state index >= 15 is 0 Å². The Bertz CT molecular complexity index is 1220. The third kappa shape index (κ3) is 5.18. The van der Waals surface area contributed by atoms with E-state index in [4.69, 9.17) is 9.47 Å². The number of hydrogen-bond acceptors (Lipinski definition) is 4. The van der Waals surface area contributed by atoms with Crippen molar-refractivity contribution in [2.45, 2.75) is 26.4 Å². The Morgan fingerprint density at radius 3 is 2.32 bits per heavy atom. The Labute approximate surface area is 201 Å². The van der Waals surface area contributed by atoms with E-state index in [-0.39, 0.29) is 0 Å². The highest BCUT2D eigenvalue weighted by molar-refractivity contribution is 5.52. The lowest BCUT2D eigenvalue weighted by Gasteiger charge is -2.30. The summed E-state index contributed by atoms with van der Waals surface area (Å²) in [6.45, 7) is 4.88. The molecule has 1 aliphatic heterocycles. The highest BCUT2D eigenvalue weighted by atomic mass is 16.5. The zero-order valence-electron chi connectivity index (χ0n) is 19.5. The Balaban J connectivity index is 1.17. The van der Waals surface area contributed by atoms with Gasteiger partial charge in [0.1, 0.15) is 11.5 Å². The average Bonchev–Trinajstić information content (AvgIpc) is 2.89. The normalized spacial score (nSPS) is 12.6. The van der Waals surface area contributed by atoms with Crippen molar-refractivity contribution >= 4 is 11.4 Å². The predicted octanol–water partition coefficient (Wildman–Crippen LogP) is 6.64. The summed E-state index contributed by atoms with van der Waals surface area (Å²) in [7, 11) is 0. The second kappa shape index (κ2) is 10.3. The molecule has 4 aromatic rings. The first-order valence-electron chi connectivity index (χ1n) is 11.9. The van der Waals surface area contributed by atoms with E-state index in [1.54, 1.807) is 0 Å². The highest BCUT2D eigenvalue weighted by Crippen LogP contribution is 2.28. The Kier molecular flexibility index (Phi) is 6.66. The van der Waals surface area contributed by atoms with Gasteiger partial charge in [0.2, 0.25) is 0 Å². The van der Waals surface area contributed by atoms with Crippen molar-refractivity contribution < 1.29 is 9.47 Å². The van der Waals surface area contributed by atoms with Crippen molar-refractivity contribution in [3.63, 3.8) is 0 Å². The molecule has 34 heavy (non-hydrogen) atoms. The fraction of sp³-hybridized carbons (Fsp3) is 0.200. The first-order chi connectivity index (χ1) is 16.8. The summed E-state index contributed by atoms with van der Waals surface area (Å²) in [5.74, 6) is 1.93. The van der Waals surface area contributed by atoms with Crippen LogP contribution in [0.1, 0.15) is 29.2 Å². The molecule has 1 N–H and O–H groups in total. The van der Waals surface area contributed by atoms with Crippen LogP contribution in [0.25, 0.3) is 0 Å². The molecule has 0 spiro atoms. The molecule has 5 rings (SSSR count). The lowest BCUT2D eigenvalue weighted by Crippen LogP contribution is -2.31. The largest absolute Gasteiger partial charge is 0.494 e. The van der Waals surface area contributed by atoms with Crippen molar-refractivity contribution in [2.75, 3.05) is 23.6 Å². The second-order valence-corrected chi connectivity index (χ2v) is 8.51. The number of ether oxygens (including phenoxy) is 2. The van der Waals surface area contributed by atoms with E-state index in [9.17, 15) is 0 Å². The van der Waals surface area contributed by atoms with E-state index in [1.807, 2.05) is 37.3 Å². The molecule has 1 aliphatic rings. The number of hydrogen-bond donors (Lipinski definition) is 1. The molecule has 0 atom stereocenters. The van der Waals surface area contributed by atoms with E-state index in [1.165, 1.54) is 22.4 Å². The molecule has 4 aromatic carbocycles. The number of benzene rings is 4. The van der Waals surface area contributed by atoms with Crippen LogP contribution >= 0.6 is 0 Å². The zero-order chi connectivity index (χ0) is 23.2. The van der Waals surface area contributed by atoms with Crippen LogP contribution in [0.2, 0.25) is 0 Å². The van der Waals surface area contributed by atoms with Crippen LogP contribution in [0.15, 0.2) is 97.1 Å². The quantitative estimate of drug-likeness (QED) is 0.326. The number of anilines is 2. The summed E-state index contributed by atoms with van der Waals surface area (Å²) in [6, 6.07) is 33.9. The summed E-state index contributed by atoms with van der Waals surface area (Å²) in [5, 5.41) is 3.50. The summed E-state index contributed by atoms with van der Waals surface area (Å²) in [5.41, 5.74) is 7.28. The Morgan fingerprint density at radius 2 is 1.53 bits per heavy atom. The smallest absolute Gasteiger partial charge is 0.161 e. The lowest BCUT2D eigenvalue weighted by molar-refractivity contribution is 0.289. The van der Waals surface area contributed by atoms with E-state index in [0.717, 1.165) is 42.3 Å². The van der Waals surface area contributed by atoms with Gasteiger partial charge in [-0.1, -0.05) is 60.7 Å². The van der Waals surface area contributed by atoms with Gasteiger partial charge < -0.3 is 19.7 Å². The summed E-state index contributed by atoms with van der Waals surface area (Å²) >= 11 is 0. The van der Waals surface area contributed by atoms with Crippen LogP contribution in [0, 0.1) is 0 Å². The molecular weight excluding hydrogens is 420 g/mol. The molecule has 4 heteroatoms. The summed E-state index contributed by atoms with van der Waals surface area (Å²) < 4.78 is 11.6. The molecule has 0 unspecified atom stereocenters. The topological polar surface area (TPSA) is 33.7 Å². The molecule has 0 saturated heterocycles. The first-order valence-corrected chi connectivity index (χ1v) is 11.9. The van der Waals surface area contributed by atoms with Crippen LogP contribution in [0.4, 0.5) is 11.4 Å². The van der Waals surface area contributed by atoms with Gasteiger partial charge in [-0.15, -0.1) is 0 Å². The SMILES string of the molecule is CCOc1ccccc1CNc1ccc(Cc2ccc(N3COc4ccccc4C3)cc2)cc1. The minimum Gasteiger partial charge on any atom is -0.494 e. The molecule has 0 fully saturated rings. The highest BCUT2D eigenvalue weighted by Gasteiger charge is 2.16. The average molecular weight is 451 g/mol. The molecule has 1 heterocycles. The Hall–Kier alpha value is -3.92. The van der Waals surface area contributed by atoms with Crippen LogP contribution in [-0.4, -0.2) is 13.3 Å². The van der Waals surface area contributed by atoms with Crippen molar-refractivity contribution in [3.8, 4) is 11.5 Å². The van der Waals surface area contributed by atoms with Gasteiger partial charge in [0, 0.05) is 35.6 Å².